The van der Waals surface area contributed by atoms with E-state index in [1.807, 2.05) is 0 Å². The number of hydrogen-bond donors (Lipinski definition) is 1. The number of carbonyl (C=O) groups is 1. The van der Waals surface area contributed by atoms with Crippen LogP contribution in [-0.4, -0.2) is 16.5 Å². The van der Waals surface area contributed by atoms with Gasteiger partial charge in [0.2, 0.25) is 5.91 Å². The van der Waals surface area contributed by atoms with Gasteiger partial charge < -0.3 is 9.88 Å². The zero-order valence-corrected chi connectivity index (χ0v) is 9.42. The molecule has 0 aromatic carbocycles. The Morgan fingerprint density at radius 3 is 2.53 bits per heavy atom. The number of aromatic nitrogens is 1. The molecule has 1 saturated carbocycles. The molecule has 1 aliphatic carbocycles. The maximum atomic E-state index is 11.5. The van der Waals surface area contributed by atoms with Crippen LogP contribution in [0.1, 0.15) is 30.7 Å². The van der Waals surface area contributed by atoms with E-state index >= 15 is 0 Å². The van der Waals surface area contributed by atoms with Crippen molar-refractivity contribution < 1.29 is 4.79 Å². The fraction of sp³-hybridized carbons (Fsp3) is 0.583. The number of amides is 1. The minimum Gasteiger partial charge on any atom is -0.353 e. The molecule has 1 aromatic rings. The Morgan fingerprint density at radius 2 is 2.00 bits per heavy atom. The lowest BCUT2D eigenvalue weighted by Gasteiger charge is -2.09. The quantitative estimate of drug-likeness (QED) is 0.800. The highest BCUT2D eigenvalue weighted by Gasteiger charge is 2.22. The van der Waals surface area contributed by atoms with Crippen molar-refractivity contribution >= 4 is 5.91 Å². The molecule has 3 heteroatoms. The SMILES string of the molecule is Cc1ccc(C)n1CCC(=O)NC1CC1. The van der Waals surface area contributed by atoms with Gasteiger partial charge in [-0.25, -0.2) is 0 Å². The van der Waals surface area contributed by atoms with Gasteiger partial charge in [0, 0.05) is 30.4 Å². The van der Waals surface area contributed by atoms with Gasteiger partial charge in [-0.05, 0) is 38.8 Å². The molecule has 1 heterocycles. The van der Waals surface area contributed by atoms with Crippen molar-refractivity contribution in [1.82, 2.24) is 9.88 Å². The molecule has 0 atom stereocenters. The fourth-order valence-corrected chi connectivity index (χ4v) is 1.79. The van der Waals surface area contributed by atoms with Gasteiger partial charge in [-0.1, -0.05) is 0 Å². The van der Waals surface area contributed by atoms with E-state index in [0.29, 0.717) is 12.5 Å². The number of nitrogens with zero attached hydrogens (tertiary/aromatic N) is 1. The lowest BCUT2D eigenvalue weighted by atomic mass is 10.3. The maximum Gasteiger partial charge on any atom is 0.222 e. The summed E-state index contributed by atoms with van der Waals surface area (Å²) in [5, 5.41) is 3.00. The van der Waals surface area contributed by atoms with Crippen LogP contribution in [0.25, 0.3) is 0 Å². The molecule has 1 aliphatic rings. The van der Waals surface area contributed by atoms with E-state index in [2.05, 4.69) is 35.9 Å². The number of hydrogen-bond acceptors (Lipinski definition) is 1. The standard InChI is InChI=1S/C12H18N2O/c1-9-3-4-10(2)14(9)8-7-12(15)13-11-5-6-11/h3-4,11H,5-8H2,1-2H3,(H,13,15). The lowest BCUT2D eigenvalue weighted by molar-refractivity contribution is -0.121. The van der Waals surface area contributed by atoms with Crippen molar-refractivity contribution in [2.75, 3.05) is 0 Å². The second kappa shape index (κ2) is 4.09. The van der Waals surface area contributed by atoms with Crippen LogP contribution in [0.3, 0.4) is 0 Å². The van der Waals surface area contributed by atoms with Crippen LogP contribution in [0.4, 0.5) is 0 Å². The fourth-order valence-electron chi connectivity index (χ4n) is 1.79. The topological polar surface area (TPSA) is 34.0 Å². The van der Waals surface area contributed by atoms with Crippen molar-refractivity contribution in [3.8, 4) is 0 Å². The second-order valence-electron chi connectivity index (χ2n) is 4.36. The molecule has 82 valence electrons. The summed E-state index contributed by atoms with van der Waals surface area (Å²) in [4.78, 5) is 11.5. The number of aryl methyl sites for hydroxylation is 2. The van der Waals surface area contributed by atoms with E-state index < -0.39 is 0 Å². The van der Waals surface area contributed by atoms with Gasteiger partial charge in [-0.2, -0.15) is 0 Å². The molecule has 2 rings (SSSR count). The predicted molar refractivity (Wildman–Crippen MR) is 59.7 cm³/mol. The first-order chi connectivity index (χ1) is 7.16. The van der Waals surface area contributed by atoms with Gasteiger partial charge in [0.05, 0.1) is 0 Å². The van der Waals surface area contributed by atoms with Crippen LogP contribution in [0.2, 0.25) is 0 Å². The van der Waals surface area contributed by atoms with E-state index in [1.165, 1.54) is 11.4 Å². The van der Waals surface area contributed by atoms with E-state index in [4.69, 9.17) is 0 Å². The third-order valence-corrected chi connectivity index (χ3v) is 2.92. The van der Waals surface area contributed by atoms with E-state index in [-0.39, 0.29) is 5.91 Å². The van der Waals surface area contributed by atoms with Crippen LogP contribution >= 0.6 is 0 Å². The smallest absolute Gasteiger partial charge is 0.222 e. The normalized spacial score (nSPS) is 15.3. The largest absolute Gasteiger partial charge is 0.353 e. The molecule has 3 nitrogen and oxygen atoms in total. The number of nitrogens with one attached hydrogen (secondary N) is 1. The Hall–Kier alpha value is -1.25. The van der Waals surface area contributed by atoms with Crippen molar-refractivity contribution in [1.29, 1.82) is 0 Å². The van der Waals surface area contributed by atoms with Gasteiger partial charge in [-0.3, -0.25) is 4.79 Å². The summed E-state index contributed by atoms with van der Waals surface area (Å²) in [5.74, 6) is 0.185. The summed E-state index contributed by atoms with van der Waals surface area (Å²) in [7, 11) is 0. The Kier molecular flexibility index (Phi) is 2.80. The summed E-state index contributed by atoms with van der Waals surface area (Å²) in [5.41, 5.74) is 2.46. The van der Waals surface area contributed by atoms with Gasteiger partial charge in [0.25, 0.3) is 0 Å². The van der Waals surface area contributed by atoms with Crippen LogP contribution in [-0.2, 0) is 11.3 Å². The zero-order chi connectivity index (χ0) is 10.8. The van der Waals surface area contributed by atoms with Crippen molar-refractivity contribution in [3.05, 3.63) is 23.5 Å². The first-order valence-electron chi connectivity index (χ1n) is 5.59. The molecule has 0 spiro atoms. The number of carbonyl (C=O) groups excluding carboxylic acids is 1. The van der Waals surface area contributed by atoms with Gasteiger partial charge >= 0.3 is 0 Å². The summed E-state index contributed by atoms with van der Waals surface area (Å²) in [6, 6.07) is 4.66. The maximum absolute atomic E-state index is 11.5. The lowest BCUT2D eigenvalue weighted by Crippen LogP contribution is -2.26. The van der Waals surface area contributed by atoms with Gasteiger partial charge in [0.15, 0.2) is 0 Å². The van der Waals surface area contributed by atoms with Crippen molar-refractivity contribution in [2.45, 2.75) is 45.7 Å². The summed E-state index contributed by atoms with van der Waals surface area (Å²) < 4.78 is 2.19. The average molecular weight is 206 g/mol. The molecule has 0 aliphatic heterocycles. The van der Waals surface area contributed by atoms with Crippen LogP contribution < -0.4 is 5.32 Å². The van der Waals surface area contributed by atoms with Crippen LogP contribution in [0.15, 0.2) is 12.1 Å². The summed E-state index contributed by atoms with van der Waals surface area (Å²) in [6.07, 6.45) is 2.91. The second-order valence-corrected chi connectivity index (χ2v) is 4.36. The highest BCUT2D eigenvalue weighted by molar-refractivity contribution is 5.76. The van der Waals surface area contributed by atoms with Gasteiger partial charge in [0.1, 0.15) is 0 Å². The third kappa shape index (κ3) is 2.61. The summed E-state index contributed by atoms with van der Waals surface area (Å²) in [6.45, 7) is 4.95. The molecule has 15 heavy (non-hydrogen) atoms. The number of rotatable bonds is 4. The van der Waals surface area contributed by atoms with E-state index in [0.717, 1.165) is 19.4 Å². The molecule has 0 unspecified atom stereocenters. The highest BCUT2D eigenvalue weighted by atomic mass is 16.1. The van der Waals surface area contributed by atoms with E-state index in [9.17, 15) is 4.79 Å². The molecule has 1 amide bonds. The van der Waals surface area contributed by atoms with Gasteiger partial charge in [-0.15, -0.1) is 0 Å². The van der Waals surface area contributed by atoms with Crippen LogP contribution in [0, 0.1) is 13.8 Å². The third-order valence-electron chi connectivity index (χ3n) is 2.92. The van der Waals surface area contributed by atoms with E-state index in [1.54, 1.807) is 0 Å². The molecular formula is C12H18N2O. The molecule has 0 bridgehead atoms. The molecule has 1 N–H and O–H groups in total. The molecule has 0 saturated heterocycles. The predicted octanol–water partition coefficient (Wildman–Crippen LogP) is 1.77. The Morgan fingerprint density at radius 1 is 1.40 bits per heavy atom. The molecular weight excluding hydrogens is 188 g/mol. The molecule has 1 aromatic heterocycles. The minimum absolute atomic E-state index is 0.185. The zero-order valence-electron chi connectivity index (χ0n) is 9.42. The Labute approximate surface area is 90.5 Å². The molecule has 1 fully saturated rings. The monoisotopic (exact) mass is 206 g/mol. The van der Waals surface area contributed by atoms with Crippen molar-refractivity contribution in [2.24, 2.45) is 0 Å². The Balaban J connectivity index is 1.83. The summed E-state index contributed by atoms with van der Waals surface area (Å²) >= 11 is 0. The average Bonchev–Trinajstić information content (AvgIpc) is 2.93. The highest BCUT2D eigenvalue weighted by Crippen LogP contribution is 2.18. The first-order valence-corrected chi connectivity index (χ1v) is 5.59. The van der Waals surface area contributed by atoms with Crippen LogP contribution in [0.5, 0.6) is 0 Å². The Bertz CT molecular complexity index is 344. The van der Waals surface area contributed by atoms with Crippen molar-refractivity contribution in [3.63, 3.8) is 0 Å². The minimum atomic E-state index is 0.185. The first kappa shape index (κ1) is 10.3. The molecule has 0 radical (unpaired) electrons.